The predicted octanol–water partition coefficient (Wildman–Crippen LogP) is 3.64. The normalized spacial score (nSPS) is 18.2. The summed E-state index contributed by atoms with van der Waals surface area (Å²) in [6, 6.07) is 11.3. The third kappa shape index (κ3) is 3.30. The van der Waals surface area contributed by atoms with Crippen LogP contribution in [0.4, 0.5) is 0 Å². The molecule has 5 nitrogen and oxygen atoms in total. The highest BCUT2D eigenvalue weighted by Gasteiger charge is 2.40. The van der Waals surface area contributed by atoms with Crippen LogP contribution >= 0.6 is 0 Å². The van der Waals surface area contributed by atoms with Crippen LogP contribution in [0.2, 0.25) is 0 Å². The van der Waals surface area contributed by atoms with E-state index in [-0.39, 0.29) is 17.7 Å². The lowest BCUT2D eigenvalue weighted by atomic mass is 9.87. The second-order valence-electron chi connectivity index (χ2n) is 6.83. The van der Waals surface area contributed by atoms with E-state index in [1.165, 1.54) is 7.11 Å². The highest BCUT2D eigenvalue weighted by molar-refractivity contribution is 5.98. The number of ether oxygens (including phenoxy) is 2. The average molecular weight is 354 g/mol. The van der Waals surface area contributed by atoms with Gasteiger partial charge in [0.1, 0.15) is 22.7 Å². The first-order chi connectivity index (χ1) is 12.3. The largest absolute Gasteiger partial charge is 0.496 e. The van der Waals surface area contributed by atoms with E-state index in [4.69, 9.17) is 9.47 Å². The van der Waals surface area contributed by atoms with Crippen molar-refractivity contribution in [1.29, 1.82) is 0 Å². The molecule has 0 aliphatic carbocycles. The third-order valence-electron chi connectivity index (χ3n) is 4.63. The van der Waals surface area contributed by atoms with Gasteiger partial charge in [0.2, 0.25) is 0 Å². The summed E-state index contributed by atoms with van der Waals surface area (Å²) in [5.74, 6) is -0.309. The molecule has 1 atom stereocenters. The number of aliphatic hydroxyl groups excluding tert-OH is 1. The quantitative estimate of drug-likeness (QED) is 0.820. The van der Waals surface area contributed by atoms with E-state index in [9.17, 15) is 15.0 Å². The van der Waals surface area contributed by atoms with Crippen LogP contribution in [0.3, 0.4) is 0 Å². The minimum atomic E-state index is -1.08. The number of rotatable bonds is 4. The van der Waals surface area contributed by atoms with Gasteiger partial charge in [-0.15, -0.1) is 0 Å². The Labute approximate surface area is 152 Å². The van der Waals surface area contributed by atoms with E-state index in [0.717, 1.165) is 5.56 Å². The van der Waals surface area contributed by atoms with Gasteiger partial charge in [0.05, 0.1) is 13.2 Å². The minimum Gasteiger partial charge on any atom is -0.496 e. The number of carboxylic acid groups (broad SMARTS) is 1. The van der Waals surface area contributed by atoms with Gasteiger partial charge in [-0.05, 0) is 31.0 Å². The summed E-state index contributed by atoms with van der Waals surface area (Å²) in [5.41, 5.74) is 1.21. The Hall–Kier alpha value is -2.79. The maximum atomic E-state index is 12.0. The molecule has 0 radical (unpaired) electrons. The molecular formula is C21H22O5. The Morgan fingerprint density at radius 2 is 1.96 bits per heavy atom. The molecule has 136 valence electrons. The zero-order chi connectivity index (χ0) is 18.9. The lowest BCUT2D eigenvalue weighted by Gasteiger charge is -2.38. The van der Waals surface area contributed by atoms with Crippen LogP contribution < -0.4 is 9.47 Å². The van der Waals surface area contributed by atoms with Gasteiger partial charge in [-0.1, -0.05) is 42.5 Å². The van der Waals surface area contributed by atoms with E-state index in [0.29, 0.717) is 16.9 Å². The first-order valence-corrected chi connectivity index (χ1v) is 8.41. The number of aromatic carboxylic acids is 1. The average Bonchev–Trinajstić information content (AvgIpc) is 2.60. The summed E-state index contributed by atoms with van der Waals surface area (Å²) in [6.07, 6.45) is 3.10. The molecule has 1 heterocycles. The van der Waals surface area contributed by atoms with E-state index < -0.39 is 17.7 Å². The number of benzene rings is 2. The van der Waals surface area contributed by atoms with Crippen molar-refractivity contribution in [2.24, 2.45) is 0 Å². The smallest absolute Gasteiger partial charge is 0.340 e. The molecular weight excluding hydrogens is 332 g/mol. The van der Waals surface area contributed by atoms with Gasteiger partial charge in [-0.3, -0.25) is 0 Å². The maximum absolute atomic E-state index is 12.0. The molecule has 1 aliphatic rings. The van der Waals surface area contributed by atoms with Gasteiger partial charge in [0.15, 0.2) is 0 Å². The molecule has 0 saturated carbocycles. The number of methoxy groups -OCH3 is 1. The Balaban J connectivity index is 2.17. The van der Waals surface area contributed by atoms with Gasteiger partial charge in [-0.25, -0.2) is 4.79 Å². The van der Waals surface area contributed by atoms with Crippen molar-refractivity contribution in [2.45, 2.75) is 32.0 Å². The van der Waals surface area contributed by atoms with Crippen LogP contribution in [0.1, 0.15) is 40.9 Å². The molecule has 0 amide bonds. The SMILES string of the molecule is COc1cc(/C=C/c2ccccc2)c(C(=O)O)c2c1CC(O)C(C)(C)O2. The lowest BCUT2D eigenvalue weighted by molar-refractivity contribution is -0.0423. The van der Waals surface area contributed by atoms with Crippen LogP contribution in [0.15, 0.2) is 36.4 Å². The van der Waals surface area contributed by atoms with Crippen LogP contribution in [-0.2, 0) is 6.42 Å². The number of aliphatic hydroxyl groups is 1. The molecule has 1 aliphatic heterocycles. The second kappa shape index (κ2) is 6.84. The Morgan fingerprint density at radius 3 is 2.58 bits per heavy atom. The molecule has 2 aromatic rings. The molecule has 3 rings (SSSR count). The Morgan fingerprint density at radius 1 is 1.27 bits per heavy atom. The number of carbonyl (C=O) groups is 1. The number of hydrogen-bond acceptors (Lipinski definition) is 4. The summed E-state index contributed by atoms with van der Waals surface area (Å²) < 4.78 is 11.4. The van der Waals surface area contributed by atoms with Crippen molar-refractivity contribution in [3.8, 4) is 11.5 Å². The monoisotopic (exact) mass is 354 g/mol. The zero-order valence-corrected chi connectivity index (χ0v) is 15.0. The fourth-order valence-corrected chi connectivity index (χ4v) is 3.05. The van der Waals surface area contributed by atoms with E-state index in [1.807, 2.05) is 36.4 Å². The minimum absolute atomic E-state index is 0.0768. The van der Waals surface area contributed by atoms with Gasteiger partial charge < -0.3 is 19.7 Å². The van der Waals surface area contributed by atoms with Gasteiger partial charge in [0, 0.05) is 12.0 Å². The van der Waals surface area contributed by atoms with E-state index in [2.05, 4.69) is 0 Å². The molecule has 0 aromatic heterocycles. The van der Waals surface area contributed by atoms with Gasteiger partial charge in [-0.2, -0.15) is 0 Å². The third-order valence-corrected chi connectivity index (χ3v) is 4.63. The Bertz CT molecular complexity index is 852. The Kier molecular flexibility index (Phi) is 4.74. The van der Waals surface area contributed by atoms with Crippen molar-refractivity contribution in [1.82, 2.24) is 0 Å². The standard InChI is InChI=1S/C21H22O5/c1-21(2)17(22)12-15-16(25-3)11-14(18(20(23)24)19(15)26-21)10-9-13-7-5-4-6-8-13/h4-11,17,22H,12H2,1-3H3,(H,23,24)/b10-9+. The summed E-state index contributed by atoms with van der Waals surface area (Å²) in [7, 11) is 1.52. The molecule has 26 heavy (non-hydrogen) atoms. The van der Waals surface area contributed by atoms with Gasteiger partial charge in [0.25, 0.3) is 0 Å². The summed E-state index contributed by atoms with van der Waals surface area (Å²) >= 11 is 0. The van der Waals surface area contributed by atoms with Crippen molar-refractivity contribution in [2.75, 3.05) is 7.11 Å². The second-order valence-corrected chi connectivity index (χ2v) is 6.83. The molecule has 2 aromatic carbocycles. The summed E-state index contributed by atoms with van der Waals surface area (Å²) in [5, 5.41) is 20.1. The lowest BCUT2D eigenvalue weighted by Crippen LogP contribution is -2.46. The molecule has 5 heteroatoms. The van der Waals surface area contributed by atoms with E-state index >= 15 is 0 Å². The molecule has 0 spiro atoms. The number of hydrogen-bond donors (Lipinski definition) is 2. The summed E-state index contributed by atoms with van der Waals surface area (Å²) in [4.78, 5) is 12.0. The number of fused-ring (bicyclic) bond motifs is 1. The van der Waals surface area contributed by atoms with Gasteiger partial charge >= 0.3 is 5.97 Å². The first-order valence-electron chi connectivity index (χ1n) is 8.41. The highest BCUT2D eigenvalue weighted by Crippen LogP contribution is 2.43. The fourth-order valence-electron chi connectivity index (χ4n) is 3.05. The van der Waals surface area contributed by atoms with Crippen LogP contribution in [0, 0.1) is 0 Å². The van der Waals surface area contributed by atoms with Crippen LogP contribution in [-0.4, -0.2) is 35.0 Å². The van der Waals surface area contributed by atoms with Crippen molar-refractivity contribution in [3.63, 3.8) is 0 Å². The van der Waals surface area contributed by atoms with Crippen molar-refractivity contribution < 1.29 is 24.5 Å². The first kappa shape index (κ1) is 18.0. The molecule has 0 bridgehead atoms. The van der Waals surface area contributed by atoms with Crippen LogP contribution in [0.5, 0.6) is 11.5 Å². The maximum Gasteiger partial charge on any atom is 0.340 e. The molecule has 0 saturated heterocycles. The topological polar surface area (TPSA) is 76.0 Å². The van der Waals surface area contributed by atoms with E-state index in [1.54, 1.807) is 26.0 Å². The van der Waals surface area contributed by atoms with Crippen molar-refractivity contribution >= 4 is 18.1 Å². The summed E-state index contributed by atoms with van der Waals surface area (Å²) in [6.45, 7) is 3.48. The predicted molar refractivity (Wildman–Crippen MR) is 99.7 cm³/mol. The van der Waals surface area contributed by atoms with Crippen molar-refractivity contribution in [3.05, 3.63) is 58.7 Å². The fraction of sp³-hybridized carbons (Fsp3) is 0.286. The molecule has 1 unspecified atom stereocenters. The molecule has 2 N–H and O–H groups in total. The highest BCUT2D eigenvalue weighted by atomic mass is 16.5. The number of carboxylic acids is 1. The van der Waals surface area contributed by atoms with Crippen LogP contribution in [0.25, 0.3) is 12.2 Å². The zero-order valence-electron chi connectivity index (χ0n) is 15.0. The molecule has 0 fully saturated rings.